The van der Waals surface area contributed by atoms with Gasteiger partial charge in [-0.15, -0.1) is 0 Å². The molecule has 0 aliphatic heterocycles. The topological polar surface area (TPSA) is 50.7 Å². The smallest absolute Gasteiger partial charge is 0.133 e. The zero-order valence-electron chi connectivity index (χ0n) is 12.0. The predicted octanol–water partition coefficient (Wildman–Crippen LogP) is 3.80. The van der Waals surface area contributed by atoms with Gasteiger partial charge in [0.15, 0.2) is 0 Å². The van der Waals surface area contributed by atoms with Gasteiger partial charge in [-0.3, -0.25) is 0 Å². The third-order valence-corrected chi connectivity index (χ3v) is 3.78. The molecule has 2 aromatic heterocycles. The van der Waals surface area contributed by atoms with E-state index in [1.807, 2.05) is 18.2 Å². The van der Waals surface area contributed by atoms with Gasteiger partial charge in [0.2, 0.25) is 0 Å². The molecule has 20 heavy (non-hydrogen) atoms. The molecule has 106 valence electrons. The quantitative estimate of drug-likeness (QED) is 0.785. The molecular weight excluding hydrogens is 268 g/mol. The highest BCUT2D eigenvalue weighted by Gasteiger charge is 2.12. The Hall–Kier alpha value is -1.62. The highest BCUT2D eigenvalue weighted by Crippen LogP contribution is 2.30. The van der Waals surface area contributed by atoms with Gasteiger partial charge < -0.3 is 5.32 Å². The van der Waals surface area contributed by atoms with Gasteiger partial charge in [-0.05, 0) is 36.7 Å². The van der Waals surface area contributed by atoms with Crippen LogP contribution in [-0.4, -0.2) is 21.5 Å². The van der Waals surface area contributed by atoms with Gasteiger partial charge in [-0.2, -0.15) is 0 Å². The summed E-state index contributed by atoms with van der Waals surface area (Å²) in [5.41, 5.74) is 1.19. The predicted molar refractivity (Wildman–Crippen MR) is 83.2 cm³/mol. The number of aromatic nitrogens is 3. The Labute approximate surface area is 124 Å². The van der Waals surface area contributed by atoms with E-state index >= 15 is 0 Å². The molecular formula is C15H20N4S. The van der Waals surface area contributed by atoms with Gasteiger partial charge in [0.1, 0.15) is 22.2 Å². The molecule has 2 heterocycles. The van der Waals surface area contributed by atoms with Crippen molar-refractivity contribution in [1.82, 2.24) is 15.0 Å². The zero-order chi connectivity index (χ0) is 14.2. The van der Waals surface area contributed by atoms with Crippen molar-refractivity contribution in [3.8, 4) is 0 Å². The molecule has 0 saturated heterocycles. The first-order chi connectivity index (χ1) is 9.85. The molecule has 0 aliphatic rings. The van der Waals surface area contributed by atoms with Gasteiger partial charge in [0.25, 0.3) is 0 Å². The molecule has 0 unspecified atom stereocenters. The molecule has 0 amide bonds. The molecule has 1 N–H and O–H groups in total. The lowest BCUT2D eigenvalue weighted by Crippen LogP contribution is -2.07. The minimum absolute atomic E-state index is 0.932. The summed E-state index contributed by atoms with van der Waals surface area (Å²) in [5.74, 6) is 0.960. The van der Waals surface area contributed by atoms with Crippen molar-refractivity contribution >= 4 is 17.6 Å². The van der Waals surface area contributed by atoms with Crippen LogP contribution in [0.2, 0.25) is 0 Å². The molecule has 0 spiro atoms. The van der Waals surface area contributed by atoms with Gasteiger partial charge in [-0.25, -0.2) is 15.0 Å². The van der Waals surface area contributed by atoms with Gasteiger partial charge >= 0.3 is 0 Å². The number of hydrogen-bond donors (Lipinski definition) is 1. The standard InChI is InChI=1S/C15H20N4S/c1-3-7-12-14(17-9-4-2)18-11-19-15(12)20-13-8-5-6-10-16-13/h5-6,8,10-11H,3-4,7,9H2,1-2H3,(H,17,18,19). The van der Waals surface area contributed by atoms with Gasteiger partial charge in [0, 0.05) is 18.3 Å². The van der Waals surface area contributed by atoms with Crippen LogP contribution in [0.1, 0.15) is 32.3 Å². The summed E-state index contributed by atoms with van der Waals surface area (Å²) < 4.78 is 0. The summed E-state index contributed by atoms with van der Waals surface area (Å²) in [6.07, 6.45) is 6.56. The van der Waals surface area contributed by atoms with E-state index in [1.54, 1.807) is 24.3 Å². The van der Waals surface area contributed by atoms with E-state index in [0.29, 0.717) is 0 Å². The number of hydrogen-bond acceptors (Lipinski definition) is 5. The average molecular weight is 288 g/mol. The van der Waals surface area contributed by atoms with E-state index in [9.17, 15) is 0 Å². The summed E-state index contributed by atoms with van der Waals surface area (Å²) in [6, 6.07) is 5.92. The molecule has 0 fully saturated rings. The number of anilines is 1. The second-order valence-electron chi connectivity index (χ2n) is 4.45. The monoisotopic (exact) mass is 288 g/mol. The number of nitrogens with one attached hydrogen (secondary N) is 1. The Bertz CT molecular complexity index is 531. The van der Waals surface area contributed by atoms with Crippen molar-refractivity contribution in [2.75, 3.05) is 11.9 Å². The number of nitrogens with zero attached hydrogens (tertiary/aromatic N) is 3. The fourth-order valence-corrected chi connectivity index (χ4v) is 2.74. The van der Waals surface area contributed by atoms with E-state index in [-0.39, 0.29) is 0 Å². The fourth-order valence-electron chi connectivity index (χ4n) is 1.86. The summed E-state index contributed by atoms with van der Waals surface area (Å²) >= 11 is 1.60. The van der Waals surface area contributed by atoms with Crippen LogP contribution in [0.5, 0.6) is 0 Å². The van der Waals surface area contributed by atoms with Crippen LogP contribution in [0.25, 0.3) is 0 Å². The Morgan fingerprint density at radius 3 is 2.70 bits per heavy atom. The van der Waals surface area contributed by atoms with E-state index in [0.717, 1.165) is 41.7 Å². The van der Waals surface area contributed by atoms with Crippen molar-refractivity contribution in [2.45, 2.75) is 43.2 Å². The first kappa shape index (κ1) is 14.8. The lowest BCUT2D eigenvalue weighted by atomic mass is 10.2. The Morgan fingerprint density at radius 2 is 2.00 bits per heavy atom. The first-order valence-corrected chi connectivity index (χ1v) is 7.83. The molecule has 0 bridgehead atoms. The van der Waals surface area contributed by atoms with Crippen molar-refractivity contribution in [1.29, 1.82) is 0 Å². The third-order valence-electron chi connectivity index (χ3n) is 2.79. The molecule has 5 heteroatoms. The van der Waals surface area contributed by atoms with Crippen LogP contribution in [-0.2, 0) is 6.42 Å². The molecule has 2 aromatic rings. The molecule has 0 radical (unpaired) electrons. The minimum atomic E-state index is 0.932. The Morgan fingerprint density at radius 1 is 1.10 bits per heavy atom. The Kier molecular flexibility index (Phi) is 5.80. The van der Waals surface area contributed by atoms with Crippen molar-refractivity contribution in [3.63, 3.8) is 0 Å². The maximum Gasteiger partial charge on any atom is 0.133 e. The maximum atomic E-state index is 4.43. The summed E-state index contributed by atoms with van der Waals surface area (Å²) in [5, 5.41) is 5.35. The van der Waals surface area contributed by atoms with Crippen molar-refractivity contribution in [2.24, 2.45) is 0 Å². The largest absolute Gasteiger partial charge is 0.370 e. The van der Waals surface area contributed by atoms with Crippen molar-refractivity contribution < 1.29 is 0 Å². The minimum Gasteiger partial charge on any atom is -0.370 e. The Balaban J connectivity index is 2.26. The number of pyridine rings is 1. The van der Waals surface area contributed by atoms with E-state index < -0.39 is 0 Å². The van der Waals surface area contributed by atoms with Gasteiger partial charge in [-0.1, -0.05) is 26.3 Å². The first-order valence-electron chi connectivity index (χ1n) is 7.01. The zero-order valence-corrected chi connectivity index (χ0v) is 12.8. The summed E-state index contributed by atoms with van der Waals surface area (Å²) in [4.78, 5) is 13.2. The normalized spacial score (nSPS) is 10.5. The molecule has 0 atom stereocenters. The lowest BCUT2D eigenvalue weighted by molar-refractivity contribution is 0.848. The molecule has 2 rings (SSSR count). The molecule has 0 aliphatic carbocycles. The fraction of sp³-hybridized carbons (Fsp3) is 0.400. The SMILES string of the molecule is CCCNc1ncnc(Sc2ccccn2)c1CCC. The lowest BCUT2D eigenvalue weighted by Gasteiger charge is -2.12. The average Bonchev–Trinajstić information content (AvgIpc) is 2.49. The molecule has 0 aromatic carbocycles. The maximum absolute atomic E-state index is 4.43. The molecule has 4 nitrogen and oxygen atoms in total. The summed E-state index contributed by atoms with van der Waals surface area (Å²) in [6.45, 7) is 5.25. The highest BCUT2D eigenvalue weighted by molar-refractivity contribution is 7.99. The van der Waals surface area contributed by atoms with Crippen LogP contribution in [0.3, 0.4) is 0 Å². The highest BCUT2D eigenvalue weighted by atomic mass is 32.2. The van der Waals surface area contributed by atoms with E-state index in [1.165, 1.54) is 5.56 Å². The molecule has 0 saturated carbocycles. The second kappa shape index (κ2) is 7.85. The number of rotatable bonds is 7. The third kappa shape index (κ3) is 3.93. The van der Waals surface area contributed by atoms with E-state index in [4.69, 9.17) is 0 Å². The summed E-state index contributed by atoms with van der Waals surface area (Å²) in [7, 11) is 0. The van der Waals surface area contributed by atoms with Crippen LogP contribution in [0.15, 0.2) is 40.8 Å². The van der Waals surface area contributed by atoms with Crippen molar-refractivity contribution in [3.05, 3.63) is 36.3 Å². The van der Waals surface area contributed by atoms with Crippen LogP contribution >= 0.6 is 11.8 Å². The second-order valence-corrected chi connectivity index (χ2v) is 5.46. The van der Waals surface area contributed by atoms with Gasteiger partial charge in [0.05, 0.1) is 0 Å². The van der Waals surface area contributed by atoms with E-state index in [2.05, 4.69) is 34.1 Å². The van der Waals surface area contributed by atoms with Crippen LogP contribution in [0, 0.1) is 0 Å². The van der Waals surface area contributed by atoms with Crippen LogP contribution < -0.4 is 5.32 Å². The van der Waals surface area contributed by atoms with Crippen LogP contribution in [0.4, 0.5) is 5.82 Å².